The number of benzene rings is 6. The van der Waals surface area contributed by atoms with Crippen LogP contribution in [0.25, 0.3) is 76.8 Å². The lowest BCUT2D eigenvalue weighted by Crippen LogP contribution is -1.86. The average Bonchev–Trinajstić information content (AvgIpc) is 3.59. The summed E-state index contributed by atoms with van der Waals surface area (Å²) in [6.45, 7) is 0. The van der Waals surface area contributed by atoms with Crippen molar-refractivity contribution >= 4 is 65.7 Å². The first-order chi connectivity index (χ1) is 18.8. The summed E-state index contributed by atoms with van der Waals surface area (Å²) in [4.78, 5) is 5.22. The summed E-state index contributed by atoms with van der Waals surface area (Å²) >= 11 is 0. The molecule has 0 saturated carbocycles. The van der Waals surface area contributed by atoms with Crippen molar-refractivity contribution in [2.24, 2.45) is 0 Å². The Balaban J connectivity index is 1.50. The van der Waals surface area contributed by atoms with E-state index in [4.69, 9.17) is 9.72 Å². The minimum atomic E-state index is 0.859. The van der Waals surface area contributed by atoms with E-state index >= 15 is 0 Å². The Hall–Kier alpha value is -5.09. The van der Waals surface area contributed by atoms with Crippen LogP contribution >= 0.6 is 0 Å². The first kappa shape index (κ1) is 20.0. The molecule has 0 aliphatic carbocycles. The number of aromatic nitrogens is 3. The van der Waals surface area contributed by atoms with Crippen LogP contribution in [0, 0.1) is 0 Å². The van der Waals surface area contributed by atoms with Crippen molar-refractivity contribution < 1.29 is 4.74 Å². The molecule has 0 spiro atoms. The van der Waals surface area contributed by atoms with Crippen LogP contribution in [0.15, 0.2) is 109 Å². The van der Waals surface area contributed by atoms with E-state index < -0.39 is 0 Å². The molecule has 0 N–H and O–H groups in total. The van der Waals surface area contributed by atoms with Crippen molar-refractivity contribution in [3.05, 3.63) is 109 Å². The van der Waals surface area contributed by atoms with Gasteiger partial charge in [0.1, 0.15) is 5.75 Å². The predicted octanol–water partition coefficient (Wildman–Crippen LogP) is 8.47. The Morgan fingerprint density at radius 3 is 1.92 bits per heavy atom. The van der Waals surface area contributed by atoms with Gasteiger partial charge in [0.2, 0.25) is 5.78 Å². The van der Waals surface area contributed by atoms with E-state index in [-0.39, 0.29) is 0 Å². The monoisotopic (exact) mass is 487 g/mol. The summed E-state index contributed by atoms with van der Waals surface area (Å²) in [6, 6.07) is 39.2. The lowest BCUT2D eigenvalue weighted by atomic mass is 10.0. The van der Waals surface area contributed by atoms with E-state index in [1.165, 1.54) is 54.4 Å². The van der Waals surface area contributed by atoms with Crippen LogP contribution in [0.3, 0.4) is 0 Å². The maximum absolute atomic E-state index is 5.42. The second-order valence-electron chi connectivity index (χ2n) is 10.1. The molecule has 0 saturated heterocycles. The van der Waals surface area contributed by atoms with Gasteiger partial charge in [-0.25, -0.2) is 4.98 Å². The highest BCUT2D eigenvalue weighted by molar-refractivity contribution is 6.20. The first-order valence-corrected chi connectivity index (χ1v) is 12.8. The SMILES string of the molecule is COc1ccc(-c2cc3c4cc5ccccc5cc4n4c3c(c2)n2c3cc5ccccc5cc3nc24)cc1. The van der Waals surface area contributed by atoms with Gasteiger partial charge in [0, 0.05) is 10.8 Å². The zero-order valence-electron chi connectivity index (χ0n) is 20.6. The Morgan fingerprint density at radius 1 is 0.553 bits per heavy atom. The average molecular weight is 488 g/mol. The standard InChI is InChI=1S/C34H21N3O/c1-38-26-12-10-20(11-13-26)25-15-28-27-14-21-6-2-4-8-23(21)17-30(27)37-33(28)32(19-25)36-31-18-24-9-5-3-7-22(24)16-29(31)35-34(36)37/h2-19H,1H3. The lowest BCUT2D eigenvalue weighted by molar-refractivity contribution is 0.415. The van der Waals surface area contributed by atoms with Gasteiger partial charge in [-0.1, -0.05) is 60.7 Å². The Labute approximate surface area is 217 Å². The van der Waals surface area contributed by atoms with Crippen molar-refractivity contribution in [2.45, 2.75) is 0 Å². The summed E-state index contributed by atoms with van der Waals surface area (Å²) in [5, 5.41) is 7.40. The molecular weight excluding hydrogens is 466 g/mol. The summed E-state index contributed by atoms with van der Waals surface area (Å²) in [6.07, 6.45) is 0. The number of hydrogen-bond donors (Lipinski definition) is 0. The Morgan fingerprint density at radius 2 is 1.21 bits per heavy atom. The molecule has 178 valence electrons. The predicted molar refractivity (Wildman–Crippen MR) is 157 cm³/mol. The van der Waals surface area contributed by atoms with E-state index in [0.29, 0.717) is 0 Å². The van der Waals surface area contributed by atoms with Gasteiger partial charge >= 0.3 is 0 Å². The van der Waals surface area contributed by atoms with Crippen LogP contribution < -0.4 is 4.74 Å². The smallest absolute Gasteiger partial charge is 0.220 e. The molecule has 0 aliphatic rings. The molecule has 0 aliphatic heterocycles. The zero-order valence-corrected chi connectivity index (χ0v) is 20.6. The highest BCUT2D eigenvalue weighted by Gasteiger charge is 2.22. The van der Waals surface area contributed by atoms with Gasteiger partial charge in [0.15, 0.2) is 0 Å². The molecule has 0 fully saturated rings. The van der Waals surface area contributed by atoms with Crippen LogP contribution in [-0.4, -0.2) is 20.9 Å². The highest BCUT2D eigenvalue weighted by Crippen LogP contribution is 2.41. The van der Waals surface area contributed by atoms with E-state index in [0.717, 1.165) is 28.1 Å². The third-order valence-corrected chi connectivity index (χ3v) is 8.08. The molecule has 6 aromatic carbocycles. The molecule has 0 unspecified atom stereocenters. The van der Waals surface area contributed by atoms with Gasteiger partial charge in [-0.15, -0.1) is 0 Å². The first-order valence-electron chi connectivity index (χ1n) is 12.8. The highest BCUT2D eigenvalue weighted by atomic mass is 16.5. The summed E-state index contributed by atoms with van der Waals surface area (Å²) in [5.41, 5.74) is 8.04. The molecule has 4 nitrogen and oxygen atoms in total. The summed E-state index contributed by atoms with van der Waals surface area (Å²) in [5.74, 6) is 1.81. The van der Waals surface area contributed by atoms with Crippen molar-refractivity contribution in [3.63, 3.8) is 0 Å². The second kappa shape index (κ2) is 7.02. The van der Waals surface area contributed by atoms with Crippen LogP contribution in [0.4, 0.5) is 0 Å². The van der Waals surface area contributed by atoms with Gasteiger partial charge in [0.25, 0.3) is 0 Å². The molecule has 0 amide bonds. The van der Waals surface area contributed by atoms with Crippen molar-refractivity contribution in [1.82, 2.24) is 13.8 Å². The van der Waals surface area contributed by atoms with Crippen molar-refractivity contribution in [3.8, 4) is 16.9 Å². The third-order valence-electron chi connectivity index (χ3n) is 8.08. The molecular formula is C34H21N3O. The molecule has 0 atom stereocenters. The van der Waals surface area contributed by atoms with Gasteiger partial charge in [-0.2, -0.15) is 0 Å². The largest absolute Gasteiger partial charge is 0.497 e. The topological polar surface area (TPSA) is 30.9 Å². The molecule has 4 heteroatoms. The van der Waals surface area contributed by atoms with E-state index in [9.17, 15) is 0 Å². The van der Waals surface area contributed by atoms with E-state index in [1.54, 1.807) is 7.11 Å². The minimum Gasteiger partial charge on any atom is -0.497 e. The normalized spacial score (nSPS) is 12.3. The summed E-state index contributed by atoms with van der Waals surface area (Å²) < 4.78 is 10.1. The molecule has 9 rings (SSSR count). The fraction of sp³-hybridized carbons (Fsp3) is 0.0294. The number of fused-ring (bicyclic) bond motifs is 10. The van der Waals surface area contributed by atoms with Crippen LogP contribution in [0.5, 0.6) is 5.75 Å². The fourth-order valence-electron chi connectivity index (χ4n) is 6.28. The number of methoxy groups -OCH3 is 1. The van der Waals surface area contributed by atoms with Crippen LogP contribution in [0.1, 0.15) is 0 Å². The molecule has 38 heavy (non-hydrogen) atoms. The number of hydrogen-bond acceptors (Lipinski definition) is 2. The quantitative estimate of drug-likeness (QED) is 0.245. The molecule has 0 bridgehead atoms. The van der Waals surface area contributed by atoms with Gasteiger partial charge in [-0.3, -0.25) is 8.80 Å². The van der Waals surface area contributed by atoms with Gasteiger partial charge in [0.05, 0.1) is 34.7 Å². The number of imidazole rings is 2. The maximum Gasteiger partial charge on any atom is 0.220 e. The second-order valence-corrected chi connectivity index (χ2v) is 10.1. The zero-order chi connectivity index (χ0) is 25.0. The summed E-state index contributed by atoms with van der Waals surface area (Å²) in [7, 11) is 1.70. The number of nitrogens with zero attached hydrogens (tertiary/aromatic N) is 3. The van der Waals surface area contributed by atoms with E-state index in [2.05, 4.69) is 106 Å². The van der Waals surface area contributed by atoms with Crippen LogP contribution in [0.2, 0.25) is 0 Å². The number of rotatable bonds is 2. The van der Waals surface area contributed by atoms with E-state index in [1.807, 2.05) is 12.1 Å². The van der Waals surface area contributed by atoms with Crippen molar-refractivity contribution in [1.29, 1.82) is 0 Å². The molecule has 3 aromatic heterocycles. The number of ether oxygens (including phenoxy) is 1. The Kier molecular flexibility index (Phi) is 3.70. The lowest BCUT2D eigenvalue weighted by Gasteiger charge is -2.06. The molecule has 9 aromatic rings. The maximum atomic E-state index is 5.42. The van der Waals surface area contributed by atoms with Crippen molar-refractivity contribution in [2.75, 3.05) is 7.11 Å². The fourth-order valence-corrected chi connectivity index (χ4v) is 6.28. The molecule has 3 heterocycles. The van der Waals surface area contributed by atoms with Gasteiger partial charge in [-0.05, 0) is 81.2 Å². The van der Waals surface area contributed by atoms with Crippen LogP contribution in [-0.2, 0) is 0 Å². The van der Waals surface area contributed by atoms with Gasteiger partial charge < -0.3 is 4.74 Å². The minimum absolute atomic E-state index is 0.859. The Bertz CT molecular complexity index is 2370. The third kappa shape index (κ3) is 2.51. The molecule has 0 radical (unpaired) electrons.